The zero-order chi connectivity index (χ0) is 17.5. The van der Waals surface area contributed by atoms with Gasteiger partial charge in [-0.05, 0) is 37.3 Å². The summed E-state index contributed by atoms with van der Waals surface area (Å²) in [6.45, 7) is 4.10. The minimum absolute atomic E-state index is 0. The average Bonchev–Trinajstić information content (AvgIpc) is 3.23. The summed E-state index contributed by atoms with van der Waals surface area (Å²) in [5, 5.41) is 6.86. The number of benzene rings is 1. The Morgan fingerprint density at radius 1 is 1.35 bits per heavy atom. The fraction of sp³-hybridized carbons (Fsp3) is 0.632. The first-order valence-corrected chi connectivity index (χ1v) is 9.92. The van der Waals surface area contributed by atoms with Gasteiger partial charge in [0.2, 0.25) is 0 Å². The minimum Gasteiger partial charge on any atom is -0.379 e. The highest BCUT2D eigenvalue weighted by molar-refractivity contribution is 14.0. The second kappa shape index (κ2) is 10.8. The van der Waals surface area contributed by atoms with E-state index in [0.717, 1.165) is 51.7 Å². The van der Waals surface area contributed by atoms with Crippen molar-refractivity contribution in [1.29, 1.82) is 0 Å². The molecule has 1 unspecified atom stereocenters. The van der Waals surface area contributed by atoms with E-state index in [1.165, 1.54) is 22.9 Å². The van der Waals surface area contributed by atoms with E-state index in [2.05, 4.69) is 55.8 Å². The summed E-state index contributed by atoms with van der Waals surface area (Å²) in [5.74, 6) is 0.863. The molecule has 26 heavy (non-hydrogen) atoms. The highest BCUT2D eigenvalue weighted by Gasteiger charge is 2.45. The number of aliphatic imine (C=N–C) groups is 1. The van der Waals surface area contributed by atoms with E-state index in [1.807, 2.05) is 7.05 Å². The van der Waals surface area contributed by atoms with Crippen molar-refractivity contribution in [3.63, 3.8) is 0 Å². The van der Waals surface area contributed by atoms with Crippen LogP contribution in [0.1, 0.15) is 31.2 Å². The Morgan fingerprint density at radius 3 is 2.81 bits per heavy atom. The molecule has 146 valence electrons. The Bertz CT molecular complexity index is 590. The predicted molar refractivity (Wildman–Crippen MR) is 120 cm³/mol. The molecule has 0 spiro atoms. The molecule has 1 saturated heterocycles. The van der Waals surface area contributed by atoms with Gasteiger partial charge in [-0.3, -0.25) is 4.99 Å². The summed E-state index contributed by atoms with van der Waals surface area (Å²) < 4.78 is 12.3. The molecular formula is C19H29BrIN3O2. The van der Waals surface area contributed by atoms with E-state index >= 15 is 0 Å². The number of ether oxygens (including phenoxy) is 2. The van der Waals surface area contributed by atoms with Gasteiger partial charge in [0.25, 0.3) is 0 Å². The van der Waals surface area contributed by atoms with Crippen LogP contribution in [0.4, 0.5) is 0 Å². The Labute approximate surface area is 181 Å². The number of hydrogen-bond donors (Lipinski definition) is 2. The number of nitrogens with one attached hydrogen (secondary N) is 2. The largest absolute Gasteiger partial charge is 0.379 e. The predicted octanol–water partition coefficient (Wildman–Crippen LogP) is 3.46. The van der Waals surface area contributed by atoms with Crippen molar-refractivity contribution in [3.05, 3.63) is 34.3 Å². The second-order valence-electron chi connectivity index (χ2n) is 6.82. The van der Waals surface area contributed by atoms with Crippen LogP contribution in [0.5, 0.6) is 0 Å². The van der Waals surface area contributed by atoms with Crippen LogP contribution in [0.25, 0.3) is 0 Å². The third kappa shape index (κ3) is 6.07. The maximum Gasteiger partial charge on any atom is 0.191 e. The van der Waals surface area contributed by atoms with Crippen LogP contribution in [0.3, 0.4) is 0 Å². The Morgan fingerprint density at radius 2 is 2.15 bits per heavy atom. The molecule has 2 fully saturated rings. The lowest BCUT2D eigenvalue weighted by Gasteiger charge is -2.20. The number of hydrogen-bond acceptors (Lipinski definition) is 3. The first kappa shape index (κ1) is 21.9. The minimum atomic E-state index is 0. The van der Waals surface area contributed by atoms with Gasteiger partial charge in [0.1, 0.15) is 0 Å². The quantitative estimate of drug-likeness (QED) is 0.231. The molecule has 1 aromatic rings. The number of guanidine groups is 1. The topological polar surface area (TPSA) is 54.9 Å². The summed E-state index contributed by atoms with van der Waals surface area (Å²) >= 11 is 3.69. The van der Waals surface area contributed by atoms with Gasteiger partial charge >= 0.3 is 0 Å². The monoisotopic (exact) mass is 537 g/mol. The van der Waals surface area contributed by atoms with Gasteiger partial charge in [0, 0.05) is 43.2 Å². The fourth-order valence-corrected chi connectivity index (χ4v) is 3.94. The van der Waals surface area contributed by atoms with E-state index < -0.39 is 0 Å². The zero-order valence-corrected chi connectivity index (χ0v) is 19.2. The average molecular weight is 538 g/mol. The Balaban J connectivity index is 0.00000243. The van der Waals surface area contributed by atoms with E-state index in [-0.39, 0.29) is 35.5 Å². The van der Waals surface area contributed by atoms with Crippen LogP contribution in [-0.4, -0.2) is 52.0 Å². The van der Waals surface area contributed by atoms with Crippen LogP contribution in [0.2, 0.25) is 0 Å². The molecule has 0 radical (unpaired) electrons. The van der Waals surface area contributed by atoms with Gasteiger partial charge in [-0.15, -0.1) is 24.0 Å². The summed E-state index contributed by atoms with van der Waals surface area (Å²) in [4.78, 5) is 4.33. The molecule has 1 saturated carbocycles. The molecule has 0 aromatic heterocycles. The lowest BCUT2D eigenvalue weighted by molar-refractivity contribution is 0.0420. The molecule has 3 rings (SSSR count). The van der Waals surface area contributed by atoms with Crippen molar-refractivity contribution in [2.75, 3.05) is 40.0 Å². The van der Waals surface area contributed by atoms with Crippen LogP contribution in [0.15, 0.2) is 33.7 Å². The van der Waals surface area contributed by atoms with Gasteiger partial charge < -0.3 is 20.1 Å². The maximum absolute atomic E-state index is 5.78. The highest BCUT2D eigenvalue weighted by atomic mass is 127. The lowest BCUT2D eigenvalue weighted by atomic mass is 9.96. The molecule has 1 aliphatic carbocycles. The van der Waals surface area contributed by atoms with Crippen molar-refractivity contribution in [2.45, 2.75) is 37.2 Å². The molecule has 7 heteroatoms. The molecular weight excluding hydrogens is 509 g/mol. The third-order valence-electron chi connectivity index (χ3n) is 4.97. The van der Waals surface area contributed by atoms with Crippen molar-refractivity contribution in [1.82, 2.24) is 10.6 Å². The summed E-state index contributed by atoms with van der Waals surface area (Å²) in [6, 6.07) is 8.52. The molecule has 5 nitrogen and oxygen atoms in total. The van der Waals surface area contributed by atoms with Gasteiger partial charge in [-0.1, -0.05) is 34.1 Å². The van der Waals surface area contributed by atoms with Gasteiger partial charge in [-0.2, -0.15) is 0 Å². The molecule has 1 heterocycles. The van der Waals surface area contributed by atoms with Crippen LogP contribution >= 0.6 is 39.9 Å². The summed E-state index contributed by atoms with van der Waals surface area (Å²) in [5.41, 5.74) is 1.63. The molecule has 1 atom stereocenters. The third-order valence-corrected chi connectivity index (χ3v) is 5.66. The second-order valence-corrected chi connectivity index (χ2v) is 7.68. The van der Waals surface area contributed by atoms with E-state index in [4.69, 9.17) is 9.47 Å². The highest BCUT2D eigenvalue weighted by Crippen LogP contribution is 2.49. The Hall–Kier alpha value is -0.380. The first-order chi connectivity index (χ1) is 12.2. The molecule has 1 aliphatic heterocycles. The van der Waals surface area contributed by atoms with Gasteiger partial charge in [0.05, 0.1) is 12.7 Å². The standard InChI is InChI=1S/C19H28BrN3O2.HI/c1-21-18(22-10-4-11-25-15-7-12-24-13-15)23-14-19(8-9-19)16-5-2-3-6-17(16)20;/h2-3,5-6,15H,4,7-14H2,1H3,(H2,21,22,23);1H. The smallest absolute Gasteiger partial charge is 0.191 e. The van der Waals surface area contributed by atoms with E-state index in [9.17, 15) is 0 Å². The fourth-order valence-electron chi connectivity index (χ4n) is 3.23. The Kier molecular flexibility index (Phi) is 9.12. The normalized spacial score (nSPS) is 21.2. The van der Waals surface area contributed by atoms with Crippen molar-refractivity contribution < 1.29 is 9.47 Å². The number of halogens is 2. The maximum atomic E-state index is 5.78. The molecule has 2 N–H and O–H groups in total. The number of rotatable bonds is 8. The summed E-state index contributed by atoms with van der Waals surface area (Å²) in [7, 11) is 1.82. The van der Waals surface area contributed by atoms with E-state index in [1.54, 1.807) is 0 Å². The van der Waals surface area contributed by atoms with Crippen LogP contribution < -0.4 is 10.6 Å². The van der Waals surface area contributed by atoms with Crippen LogP contribution in [0, 0.1) is 0 Å². The first-order valence-electron chi connectivity index (χ1n) is 9.12. The molecule has 2 aliphatic rings. The lowest BCUT2D eigenvalue weighted by Crippen LogP contribution is -2.41. The number of nitrogens with zero attached hydrogens (tertiary/aromatic N) is 1. The summed E-state index contributed by atoms with van der Waals surface area (Å²) in [6.07, 6.45) is 4.71. The van der Waals surface area contributed by atoms with E-state index in [0.29, 0.717) is 0 Å². The molecule has 0 amide bonds. The van der Waals surface area contributed by atoms with Crippen molar-refractivity contribution >= 4 is 45.9 Å². The van der Waals surface area contributed by atoms with Crippen molar-refractivity contribution in [2.24, 2.45) is 4.99 Å². The zero-order valence-electron chi connectivity index (χ0n) is 15.3. The van der Waals surface area contributed by atoms with Gasteiger partial charge in [-0.25, -0.2) is 0 Å². The molecule has 0 bridgehead atoms. The van der Waals surface area contributed by atoms with Crippen molar-refractivity contribution in [3.8, 4) is 0 Å². The SMILES string of the molecule is CN=C(NCCCOC1CCOC1)NCC1(c2ccccc2Br)CC1.I. The van der Waals surface area contributed by atoms with Gasteiger partial charge in [0.15, 0.2) is 5.96 Å². The van der Waals surface area contributed by atoms with Crippen LogP contribution in [-0.2, 0) is 14.9 Å². The molecule has 1 aromatic carbocycles.